The normalized spacial score (nSPS) is 15.3. The first kappa shape index (κ1) is 20.3. The van der Waals surface area contributed by atoms with E-state index in [-0.39, 0.29) is 17.5 Å². The molecule has 33 heavy (non-hydrogen) atoms. The van der Waals surface area contributed by atoms with E-state index in [1.54, 1.807) is 36.4 Å². The Balaban J connectivity index is 1.37. The minimum Gasteiger partial charge on any atom is -0.269 e. The molecule has 5 rings (SSSR count). The highest BCUT2D eigenvalue weighted by Crippen LogP contribution is 2.31. The summed E-state index contributed by atoms with van der Waals surface area (Å²) in [7, 11) is 0. The zero-order valence-electron chi connectivity index (χ0n) is 17.1. The molecule has 2 aliphatic heterocycles. The summed E-state index contributed by atoms with van der Waals surface area (Å²) in [6, 6.07) is 18.4. The van der Waals surface area contributed by atoms with E-state index in [4.69, 9.17) is 0 Å². The summed E-state index contributed by atoms with van der Waals surface area (Å²) in [5.74, 6) is -2.31. The summed E-state index contributed by atoms with van der Waals surface area (Å²) in [5.41, 5.74) is 3.38. The van der Waals surface area contributed by atoms with Crippen LogP contribution >= 0.6 is 0 Å². The molecule has 0 aromatic heterocycles. The zero-order chi connectivity index (χ0) is 23.1. The van der Waals surface area contributed by atoms with E-state index in [0.29, 0.717) is 16.8 Å². The molecule has 2 aliphatic rings. The van der Waals surface area contributed by atoms with Gasteiger partial charge in [0.2, 0.25) is 0 Å². The van der Waals surface area contributed by atoms with Crippen molar-refractivity contribution < 1.29 is 23.6 Å². The number of amides is 4. The van der Waals surface area contributed by atoms with E-state index in [2.05, 4.69) is 0 Å². The van der Waals surface area contributed by atoms with Gasteiger partial charge in [0.15, 0.2) is 0 Å². The SMILES string of the molecule is O=C1C=CC(=O)N1c1ccc(-c2ccc(-c3ccc(N4C(=O)C=CC4=O)cc3F)cc2)cc1. The van der Waals surface area contributed by atoms with Crippen LogP contribution in [0.3, 0.4) is 0 Å². The molecule has 0 bridgehead atoms. The molecule has 0 fully saturated rings. The number of carbonyl (C=O) groups is 4. The number of halogens is 1. The van der Waals surface area contributed by atoms with Crippen LogP contribution in [0.25, 0.3) is 22.3 Å². The number of rotatable bonds is 4. The second-order valence-electron chi connectivity index (χ2n) is 7.48. The highest BCUT2D eigenvalue weighted by molar-refractivity contribution is 6.28. The molecule has 0 spiro atoms. The first-order valence-electron chi connectivity index (χ1n) is 10.0. The molecule has 2 heterocycles. The molecular formula is C26H15FN2O4. The summed E-state index contributed by atoms with van der Waals surface area (Å²) in [6.45, 7) is 0. The standard InChI is InChI=1S/C26H15FN2O4/c27-22-15-20(29-25(32)13-14-26(29)33)9-10-21(22)18-3-1-16(2-4-18)17-5-7-19(8-6-17)28-23(30)11-12-24(28)31/h1-15H. The highest BCUT2D eigenvalue weighted by atomic mass is 19.1. The van der Waals surface area contributed by atoms with Crippen molar-refractivity contribution >= 4 is 35.0 Å². The van der Waals surface area contributed by atoms with E-state index >= 15 is 0 Å². The monoisotopic (exact) mass is 438 g/mol. The van der Waals surface area contributed by atoms with Crippen LogP contribution < -0.4 is 9.80 Å². The maximum absolute atomic E-state index is 14.8. The lowest BCUT2D eigenvalue weighted by atomic mass is 9.99. The zero-order valence-corrected chi connectivity index (χ0v) is 17.1. The van der Waals surface area contributed by atoms with E-state index < -0.39 is 17.6 Å². The van der Waals surface area contributed by atoms with Crippen LogP contribution in [0.2, 0.25) is 0 Å². The second kappa shape index (κ2) is 7.80. The van der Waals surface area contributed by atoms with Crippen LogP contribution in [0.4, 0.5) is 15.8 Å². The van der Waals surface area contributed by atoms with Crippen molar-refractivity contribution in [1.82, 2.24) is 0 Å². The fourth-order valence-corrected chi connectivity index (χ4v) is 3.83. The predicted molar refractivity (Wildman–Crippen MR) is 121 cm³/mol. The molecular weight excluding hydrogens is 423 g/mol. The average molecular weight is 438 g/mol. The van der Waals surface area contributed by atoms with Crippen molar-refractivity contribution in [2.45, 2.75) is 0 Å². The summed E-state index contributed by atoms with van der Waals surface area (Å²) in [5, 5.41) is 0. The number of benzene rings is 3. The van der Waals surface area contributed by atoms with Gasteiger partial charge in [0, 0.05) is 29.9 Å². The maximum Gasteiger partial charge on any atom is 0.258 e. The Hall–Kier alpha value is -4.65. The molecule has 0 N–H and O–H groups in total. The van der Waals surface area contributed by atoms with Crippen molar-refractivity contribution in [2.24, 2.45) is 0 Å². The average Bonchev–Trinajstić information content (AvgIpc) is 3.34. The Labute approximate surface area is 187 Å². The Bertz CT molecular complexity index is 1350. The second-order valence-corrected chi connectivity index (χ2v) is 7.48. The van der Waals surface area contributed by atoms with Crippen LogP contribution in [-0.4, -0.2) is 23.6 Å². The van der Waals surface area contributed by atoms with Gasteiger partial charge in [0.05, 0.1) is 11.4 Å². The molecule has 0 aliphatic carbocycles. The summed E-state index contributed by atoms with van der Waals surface area (Å²) < 4.78 is 14.8. The van der Waals surface area contributed by atoms with Gasteiger partial charge in [-0.1, -0.05) is 36.4 Å². The number of hydrogen-bond donors (Lipinski definition) is 0. The summed E-state index contributed by atoms with van der Waals surface area (Å²) >= 11 is 0. The van der Waals surface area contributed by atoms with Crippen molar-refractivity contribution in [3.8, 4) is 22.3 Å². The van der Waals surface area contributed by atoms with Gasteiger partial charge in [-0.3, -0.25) is 19.2 Å². The lowest BCUT2D eigenvalue weighted by Crippen LogP contribution is -2.29. The Morgan fingerprint density at radius 2 is 0.879 bits per heavy atom. The fraction of sp³-hybridized carbons (Fsp3) is 0. The summed E-state index contributed by atoms with van der Waals surface area (Å²) in [4.78, 5) is 49.3. The quantitative estimate of drug-likeness (QED) is 0.577. The first-order chi connectivity index (χ1) is 15.9. The minimum atomic E-state index is -0.550. The molecule has 0 atom stereocenters. The predicted octanol–water partition coefficient (Wildman–Crippen LogP) is 4.02. The Kier molecular flexibility index (Phi) is 4.79. The highest BCUT2D eigenvalue weighted by Gasteiger charge is 2.26. The number of hydrogen-bond acceptors (Lipinski definition) is 4. The third kappa shape index (κ3) is 3.55. The third-order valence-corrected chi connectivity index (χ3v) is 5.48. The largest absolute Gasteiger partial charge is 0.269 e. The van der Waals surface area contributed by atoms with Gasteiger partial charge >= 0.3 is 0 Å². The van der Waals surface area contributed by atoms with Gasteiger partial charge < -0.3 is 0 Å². The van der Waals surface area contributed by atoms with Crippen molar-refractivity contribution in [3.05, 3.63) is 96.9 Å². The molecule has 6 nitrogen and oxygen atoms in total. The molecule has 0 unspecified atom stereocenters. The molecule has 4 amide bonds. The maximum atomic E-state index is 14.8. The number of imide groups is 2. The molecule has 0 saturated heterocycles. The number of nitrogens with zero attached hydrogens (tertiary/aromatic N) is 2. The molecule has 0 saturated carbocycles. The smallest absolute Gasteiger partial charge is 0.258 e. The molecule has 7 heteroatoms. The molecule has 0 radical (unpaired) electrons. The number of carbonyl (C=O) groups excluding carboxylic acids is 4. The van der Waals surface area contributed by atoms with Crippen LogP contribution in [0.15, 0.2) is 91.0 Å². The third-order valence-electron chi connectivity index (χ3n) is 5.48. The number of anilines is 2. The van der Waals surface area contributed by atoms with Crippen molar-refractivity contribution in [2.75, 3.05) is 9.80 Å². The lowest BCUT2D eigenvalue weighted by Gasteiger charge is -2.15. The molecule has 3 aromatic carbocycles. The first-order valence-corrected chi connectivity index (χ1v) is 10.0. The topological polar surface area (TPSA) is 74.8 Å². The van der Waals surface area contributed by atoms with Gasteiger partial charge in [-0.15, -0.1) is 0 Å². The Morgan fingerprint density at radius 3 is 1.36 bits per heavy atom. The minimum absolute atomic E-state index is 0.179. The van der Waals surface area contributed by atoms with Crippen LogP contribution in [0, 0.1) is 5.82 Å². The van der Waals surface area contributed by atoms with Crippen LogP contribution in [0.5, 0.6) is 0 Å². The lowest BCUT2D eigenvalue weighted by molar-refractivity contribution is -0.121. The van der Waals surface area contributed by atoms with Crippen molar-refractivity contribution in [3.63, 3.8) is 0 Å². The van der Waals surface area contributed by atoms with Gasteiger partial charge in [0.25, 0.3) is 23.6 Å². The van der Waals surface area contributed by atoms with E-state index in [1.165, 1.54) is 30.4 Å². The summed E-state index contributed by atoms with van der Waals surface area (Å²) in [6.07, 6.45) is 4.77. The fourth-order valence-electron chi connectivity index (χ4n) is 3.83. The molecule has 3 aromatic rings. The van der Waals surface area contributed by atoms with E-state index in [0.717, 1.165) is 33.1 Å². The van der Waals surface area contributed by atoms with Gasteiger partial charge in [0.1, 0.15) is 5.82 Å². The van der Waals surface area contributed by atoms with E-state index in [9.17, 15) is 23.6 Å². The van der Waals surface area contributed by atoms with Gasteiger partial charge in [-0.05, 0) is 47.0 Å². The van der Waals surface area contributed by atoms with Crippen molar-refractivity contribution in [1.29, 1.82) is 0 Å². The van der Waals surface area contributed by atoms with E-state index in [1.807, 2.05) is 12.1 Å². The molecule has 160 valence electrons. The van der Waals surface area contributed by atoms with Gasteiger partial charge in [-0.25, -0.2) is 14.2 Å². The van der Waals surface area contributed by atoms with Crippen LogP contribution in [0.1, 0.15) is 0 Å². The van der Waals surface area contributed by atoms with Crippen LogP contribution in [-0.2, 0) is 19.2 Å². The Morgan fingerprint density at radius 1 is 0.485 bits per heavy atom. The van der Waals surface area contributed by atoms with Gasteiger partial charge in [-0.2, -0.15) is 0 Å².